The van der Waals surface area contributed by atoms with Crippen LogP contribution < -0.4 is 16.8 Å². The molecule has 7 nitrogen and oxygen atoms in total. The summed E-state index contributed by atoms with van der Waals surface area (Å²) in [7, 11) is 1.59. The van der Waals surface area contributed by atoms with E-state index in [2.05, 4.69) is 20.3 Å². The lowest BCUT2D eigenvalue weighted by Gasteiger charge is -2.11. The number of halogens is 3. The van der Waals surface area contributed by atoms with E-state index in [1.54, 1.807) is 42.1 Å². The molecule has 31 heavy (non-hydrogen) atoms. The zero-order chi connectivity index (χ0) is 22.2. The molecule has 0 spiro atoms. The average molecular weight is 425 g/mol. The van der Waals surface area contributed by atoms with E-state index in [9.17, 15) is 13.2 Å². The van der Waals surface area contributed by atoms with Gasteiger partial charge < -0.3 is 16.8 Å². The Morgan fingerprint density at radius 1 is 1.16 bits per heavy atom. The SMILES string of the molecule is CN=C/C(=C\N)Nc1ncc2c3ccc(C(F)(F)F)cc3n(-c3cccc(N)c3)c2n1. The van der Waals surface area contributed by atoms with Crippen molar-refractivity contribution >= 4 is 39.8 Å². The van der Waals surface area contributed by atoms with Crippen molar-refractivity contribution in [3.63, 3.8) is 0 Å². The Morgan fingerprint density at radius 3 is 2.65 bits per heavy atom. The molecule has 0 amide bonds. The molecular formula is C21H18F3N7. The van der Waals surface area contributed by atoms with Crippen molar-refractivity contribution in [3.8, 4) is 5.69 Å². The lowest BCUT2D eigenvalue weighted by molar-refractivity contribution is -0.137. The first-order valence-electron chi connectivity index (χ1n) is 9.17. The Labute approximate surface area is 174 Å². The van der Waals surface area contributed by atoms with E-state index in [0.29, 0.717) is 39.0 Å². The van der Waals surface area contributed by atoms with Crippen molar-refractivity contribution in [2.75, 3.05) is 18.1 Å². The molecule has 158 valence electrons. The number of nitrogens with one attached hydrogen (secondary N) is 1. The summed E-state index contributed by atoms with van der Waals surface area (Å²) in [4.78, 5) is 12.7. The molecule has 4 aromatic rings. The monoisotopic (exact) mass is 425 g/mol. The summed E-state index contributed by atoms with van der Waals surface area (Å²) in [5.74, 6) is 0.216. The number of aromatic nitrogens is 3. The molecule has 0 fully saturated rings. The molecule has 2 aromatic carbocycles. The number of allylic oxidation sites excluding steroid dienone is 1. The van der Waals surface area contributed by atoms with Gasteiger partial charge in [0, 0.05) is 47.8 Å². The predicted octanol–water partition coefficient (Wildman–Crippen LogP) is 4.09. The van der Waals surface area contributed by atoms with Crippen molar-refractivity contribution in [2.45, 2.75) is 6.18 Å². The molecule has 4 rings (SSSR count). The largest absolute Gasteiger partial charge is 0.416 e. The van der Waals surface area contributed by atoms with Crippen molar-refractivity contribution in [1.29, 1.82) is 0 Å². The number of benzene rings is 2. The highest BCUT2D eigenvalue weighted by molar-refractivity contribution is 6.08. The van der Waals surface area contributed by atoms with Crippen LogP contribution in [0.3, 0.4) is 0 Å². The molecule has 10 heteroatoms. The van der Waals surface area contributed by atoms with Gasteiger partial charge in [0.25, 0.3) is 0 Å². The van der Waals surface area contributed by atoms with E-state index < -0.39 is 11.7 Å². The molecule has 0 aliphatic carbocycles. The second-order valence-corrected chi connectivity index (χ2v) is 6.73. The van der Waals surface area contributed by atoms with Gasteiger partial charge in [-0.1, -0.05) is 12.1 Å². The van der Waals surface area contributed by atoms with Crippen molar-refractivity contribution in [1.82, 2.24) is 14.5 Å². The maximum Gasteiger partial charge on any atom is 0.416 e. The number of hydrogen-bond donors (Lipinski definition) is 3. The lowest BCUT2D eigenvalue weighted by Crippen LogP contribution is -2.07. The van der Waals surface area contributed by atoms with Gasteiger partial charge in [-0.25, -0.2) is 4.98 Å². The third-order valence-electron chi connectivity index (χ3n) is 4.67. The molecule has 0 saturated heterocycles. The van der Waals surface area contributed by atoms with E-state index in [1.165, 1.54) is 18.5 Å². The number of fused-ring (bicyclic) bond motifs is 3. The number of nitrogen functional groups attached to an aromatic ring is 1. The summed E-state index contributed by atoms with van der Waals surface area (Å²) in [6.45, 7) is 0. The number of nitrogens with zero attached hydrogens (tertiary/aromatic N) is 4. The number of nitrogens with two attached hydrogens (primary N) is 2. The standard InChI is InChI=1S/C21H18F3N7/c1-27-10-14(9-25)29-20-28-11-17-16-6-5-12(21(22,23)24)7-18(16)31(19(17)30-20)15-4-2-3-13(26)8-15/h2-11H,25-26H2,1H3,(H,28,29,30)/b14-9+,27-10?. The van der Waals surface area contributed by atoms with Crippen LogP contribution in [0.25, 0.3) is 27.6 Å². The zero-order valence-corrected chi connectivity index (χ0v) is 16.4. The summed E-state index contributed by atoms with van der Waals surface area (Å²) in [5.41, 5.74) is 13.0. The maximum atomic E-state index is 13.4. The van der Waals surface area contributed by atoms with E-state index in [1.807, 2.05) is 0 Å². The second kappa shape index (κ2) is 7.63. The number of anilines is 2. The van der Waals surface area contributed by atoms with Gasteiger partial charge in [0.1, 0.15) is 0 Å². The first kappa shape index (κ1) is 20.2. The fourth-order valence-electron chi connectivity index (χ4n) is 3.34. The summed E-state index contributed by atoms with van der Waals surface area (Å²) >= 11 is 0. The van der Waals surface area contributed by atoms with E-state index >= 15 is 0 Å². The number of alkyl halides is 3. The van der Waals surface area contributed by atoms with Gasteiger partial charge >= 0.3 is 6.18 Å². The summed E-state index contributed by atoms with van der Waals surface area (Å²) < 4.78 is 41.8. The highest BCUT2D eigenvalue weighted by Crippen LogP contribution is 2.36. The van der Waals surface area contributed by atoms with E-state index in [0.717, 1.165) is 12.1 Å². The molecule has 2 aromatic heterocycles. The Morgan fingerprint density at radius 2 is 1.97 bits per heavy atom. The summed E-state index contributed by atoms with van der Waals surface area (Å²) in [6.07, 6.45) is -0.121. The molecule has 0 aliphatic heterocycles. The smallest absolute Gasteiger partial charge is 0.403 e. The van der Waals surface area contributed by atoms with Gasteiger partial charge in [0.05, 0.1) is 16.8 Å². The molecular weight excluding hydrogens is 407 g/mol. The van der Waals surface area contributed by atoms with Crippen LogP contribution in [0, 0.1) is 0 Å². The van der Waals surface area contributed by atoms with Gasteiger partial charge in [0.2, 0.25) is 5.95 Å². The quantitative estimate of drug-likeness (QED) is 0.337. The molecule has 2 heterocycles. The second-order valence-electron chi connectivity index (χ2n) is 6.73. The number of aliphatic imine (C=N–C) groups is 1. The lowest BCUT2D eigenvalue weighted by atomic mass is 10.1. The van der Waals surface area contributed by atoms with Crippen LogP contribution in [0.4, 0.5) is 24.8 Å². The maximum absolute atomic E-state index is 13.4. The normalized spacial score (nSPS) is 12.8. The van der Waals surface area contributed by atoms with Crippen LogP contribution in [0.15, 0.2) is 65.6 Å². The number of rotatable bonds is 4. The molecule has 5 N–H and O–H groups in total. The molecule has 0 atom stereocenters. The Hall–Kier alpha value is -4.08. The topological polar surface area (TPSA) is 107 Å². The van der Waals surface area contributed by atoms with Gasteiger partial charge in [0.15, 0.2) is 5.65 Å². The van der Waals surface area contributed by atoms with Gasteiger partial charge in [-0.3, -0.25) is 9.56 Å². The van der Waals surface area contributed by atoms with Crippen molar-refractivity contribution < 1.29 is 13.2 Å². The average Bonchev–Trinajstić information content (AvgIpc) is 3.05. The zero-order valence-electron chi connectivity index (χ0n) is 16.4. The highest BCUT2D eigenvalue weighted by Gasteiger charge is 2.31. The summed E-state index contributed by atoms with van der Waals surface area (Å²) in [6, 6.07) is 10.4. The Balaban J connectivity index is 2.02. The van der Waals surface area contributed by atoms with Gasteiger partial charge in [-0.15, -0.1) is 0 Å². The Kier molecular flexibility index (Phi) is 4.97. The minimum Gasteiger partial charge on any atom is -0.403 e. The molecule has 0 radical (unpaired) electrons. The molecule has 0 bridgehead atoms. The van der Waals surface area contributed by atoms with Crippen LogP contribution >= 0.6 is 0 Å². The van der Waals surface area contributed by atoms with Crippen molar-refractivity contribution in [3.05, 3.63) is 66.1 Å². The summed E-state index contributed by atoms with van der Waals surface area (Å²) in [5, 5.41) is 4.12. The van der Waals surface area contributed by atoms with E-state index in [-0.39, 0.29) is 5.95 Å². The van der Waals surface area contributed by atoms with E-state index in [4.69, 9.17) is 11.5 Å². The minimum absolute atomic E-state index is 0.216. The fourth-order valence-corrected chi connectivity index (χ4v) is 3.34. The third kappa shape index (κ3) is 3.75. The van der Waals surface area contributed by atoms with Gasteiger partial charge in [-0.2, -0.15) is 18.2 Å². The number of hydrogen-bond acceptors (Lipinski definition) is 6. The van der Waals surface area contributed by atoms with Crippen molar-refractivity contribution in [2.24, 2.45) is 10.7 Å². The molecule has 0 saturated carbocycles. The van der Waals surface area contributed by atoms with Crippen LogP contribution in [0.5, 0.6) is 0 Å². The van der Waals surface area contributed by atoms with Crippen LogP contribution in [0.2, 0.25) is 0 Å². The Bertz CT molecular complexity index is 1340. The fraction of sp³-hybridized carbons (Fsp3) is 0.0952. The molecule has 0 aliphatic rings. The minimum atomic E-state index is -4.48. The highest BCUT2D eigenvalue weighted by atomic mass is 19.4. The first-order chi connectivity index (χ1) is 14.8. The molecule has 0 unspecified atom stereocenters. The van der Waals surface area contributed by atoms with Crippen LogP contribution in [-0.4, -0.2) is 27.8 Å². The van der Waals surface area contributed by atoms with Crippen LogP contribution in [0.1, 0.15) is 5.56 Å². The third-order valence-corrected chi connectivity index (χ3v) is 4.67. The van der Waals surface area contributed by atoms with Crippen LogP contribution in [-0.2, 0) is 6.18 Å². The predicted molar refractivity (Wildman–Crippen MR) is 116 cm³/mol. The first-order valence-corrected chi connectivity index (χ1v) is 9.17. The van der Waals surface area contributed by atoms with Gasteiger partial charge in [-0.05, 0) is 30.3 Å².